The van der Waals surface area contributed by atoms with E-state index in [0.29, 0.717) is 11.3 Å². The molecule has 1 unspecified atom stereocenters. The van der Waals surface area contributed by atoms with Crippen molar-refractivity contribution in [1.29, 1.82) is 0 Å². The summed E-state index contributed by atoms with van der Waals surface area (Å²) in [7, 11) is -3.57. The lowest BCUT2D eigenvalue weighted by molar-refractivity contribution is 0.376. The molecular weight excluding hydrogens is 617 g/mol. The van der Waals surface area contributed by atoms with Gasteiger partial charge in [-0.3, -0.25) is 0 Å². The van der Waals surface area contributed by atoms with Crippen molar-refractivity contribution in [3.05, 3.63) is 148 Å². The number of sulfone groups is 1. The van der Waals surface area contributed by atoms with Crippen LogP contribution in [0, 0.1) is 10.8 Å². The van der Waals surface area contributed by atoms with Gasteiger partial charge in [0, 0.05) is 0 Å². The molecule has 0 bridgehead atoms. The maximum absolute atomic E-state index is 13.8. The van der Waals surface area contributed by atoms with Gasteiger partial charge in [-0.15, -0.1) is 0 Å². The fourth-order valence-electron chi connectivity index (χ4n) is 7.05. The monoisotopic (exact) mass is 678 g/mol. The lowest BCUT2D eigenvalue weighted by atomic mass is 9.72. The Bertz CT molecular complexity index is 1720. The first-order chi connectivity index (χ1) is 23.0. The van der Waals surface area contributed by atoms with Gasteiger partial charge >= 0.3 is 0 Å². The highest BCUT2D eigenvalue weighted by Gasteiger charge is 2.28. The number of benzene rings is 1. The summed E-state index contributed by atoms with van der Waals surface area (Å²) >= 11 is 0. The Balaban J connectivity index is 1.76. The van der Waals surface area contributed by atoms with Crippen LogP contribution in [-0.4, -0.2) is 13.7 Å². The predicted molar refractivity (Wildman–Crippen MR) is 214 cm³/mol. The zero-order valence-corrected chi connectivity index (χ0v) is 32.9. The molecule has 1 aromatic rings. The van der Waals surface area contributed by atoms with E-state index in [1.165, 1.54) is 66.4 Å². The van der Waals surface area contributed by atoms with Gasteiger partial charge in [0.05, 0.1) is 10.1 Å². The van der Waals surface area contributed by atoms with Crippen LogP contribution in [0.25, 0.3) is 0 Å². The van der Waals surface area contributed by atoms with E-state index in [2.05, 4.69) is 104 Å². The van der Waals surface area contributed by atoms with Crippen LogP contribution < -0.4 is 0 Å². The summed E-state index contributed by atoms with van der Waals surface area (Å²) in [4.78, 5) is 0.350. The van der Waals surface area contributed by atoms with Gasteiger partial charge in [0.1, 0.15) is 0 Å². The van der Waals surface area contributed by atoms with Crippen LogP contribution in [0.4, 0.5) is 0 Å². The van der Waals surface area contributed by atoms with E-state index < -0.39 is 15.1 Å². The zero-order chi connectivity index (χ0) is 36.2. The second-order valence-corrected chi connectivity index (χ2v) is 17.7. The molecule has 0 aliphatic heterocycles. The summed E-state index contributed by atoms with van der Waals surface area (Å²) in [6, 6.07) is 8.80. The van der Waals surface area contributed by atoms with Crippen LogP contribution in [0.5, 0.6) is 0 Å². The van der Waals surface area contributed by atoms with Crippen LogP contribution in [0.15, 0.2) is 153 Å². The molecule has 3 rings (SSSR count). The topological polar surface area (TPSA) is 34.1 Å². The second kappa shape index (κ2) is 18.0. The van der Waals surface area contributed by atoms with E-state index >= 15 is 0 Å². The SMILES string of the molecule is CC1=C(/C=C/C(C)=C/C=C/C(C)=C/CC(/C=C(C)/C=C/C=C(C)/C=C/C2=C(C)CCCC2(C)C)S(=O)(=O)c2ccccc2)C(C)(C)CCC1. The smallest absolute Gasteiger partial charge is 0.185 e. The minimum absolute atomic E-state index is 0.215. The van der Waals surface area contributed by atoms with E-state index in [1.807, 2.05) is 44.2 Å². The van der Waals surface area contributed by atoms with E-state index in [-0.39, 0.29) is 10.8 Å². The van der Waals surface area contributed by atoms with Gasteiger partial charge < -0.3 is 0 Å². The third-order valence-electron chi connectivity index (χ3n) is 10.1. The Morgan fingerprint density at radius 2 is 1.16 bits per heavy atom. The highest BCUT2D eigenvalue weighted by molar-refractivity contribution is 7.92. The summed E-state index contributed by atoms with van der Waals surface area (Å²) < 4.78 is 27.6. The summed E-state index contributed by atoms with van der Waals surface area (Å²) in [6.07, 6.45) is 33.0. The number of rotatable bonds is 13. The molecule has 49 heavy (non-hydrogen) atoms. The third-order valence-corrected chi connectivity index (χ3v) is 12.2. The molecule has 2 aliphatic carbocycles. The minimum Gasteiger partial charge on any atom is -0.223 e. The van der Waals surface area contributed by atoms with E-state index in [1.54, 1.807) is 24.3 Å². The molecule has 0 fully saturated rings. The Morgan fingerprint density at radius 1 is 0.694 bits per heavy atom. The van der Waals surface area contributed by atoms with Crippen molar-refractivity contribution in [2.45, 2.75) is 124 Å². The van der Waals surface area contributed by atoms with Crippen molar-refractivity contribution in [2.75, 3.05) is 0 Å². The van der Waals surface area contributed by atoms with Gasteiger partial charge in [0.25, 0.3) is 0 Å². The highest BCUT2D eigenvalue weighted by Crippen LogP contribution is 2.41. The molecule has 0 heterocycles. The quantitative estimate of drug-likeness (QED) is 0.195. The standard InChI is InChI=1S/C46H62O2S/c1-35(18-14-19-36(2)27-30-43-39(5)22-16-32-45(43,7)8)26-29-42(49(47,48)41-24-12-11-13-25-41)34-38(4)21-15-20-37(3)28-31-44-40(6)23-17-33-46(44,9)10/h11-15,18-21,24-28,30-31,34,42H,16-17,22-23,29,32-33H2,1-10H3/b18-14+,21-15+,30-27+,31-28+,35-26+,36-19+,37-20+,38-34+. The number of hydrogen-bond acceptors (Lipinski definition) is 2. The first-order valence-corrected chi connectivity index (χ1v) is 19.7. The zero-order valence-electron chi connectivity index (χ0n) is 32.1. The van der Waals surface area contributed by atoms with Gasteiger partial charge in [-0.25, -0.2) is 8.42 Å². The summed E-state index contributed by atoms with van der Waals surface area (Å²) in [5.74, 6) is 0. The maximum atomic E-state index is 13.8. The number of hydrogen-bond donors (Lipinski definition) is 0. The van der Waals surface area contributed by atoms with Crippen molar-refractivity contribution in [3.63, 3.8) is 0 Å². The molecule has 1 atom stereocenters. The molecule has 0 N–H and O–H groups in total. The average Bonchev–Trinajstić information content (AvgIpc) is 3.02. The molecule has 0 spiro atoms. The first kappa shape index (κ1) is 40.0. The van der Waals surface area contributed by atoms with Gasteiger partial charge in [0.2, 0.25) is 0 Å². The Kier molecular flexibility index (Phi) is 14.7. The summed E-state index contributed by atoms with van der Waals surface area (Å²) in [5.41, 5.74) is 10.6. The molecule has 0 saturated heterocycles. The van der Waals surface area contributed by atoms with Crippen LogP contribution >= 0.6 is 0 Å². The van der Waals surface area contributed by atoms with Gasteiger partial charge in [-0.2, -0.15) is 0 Å². The second-order valence-electron chi connectivity index (χ2n) is 15.6. The largest absolute Gasteiger partial charge is 0.223 e. The molecule has 0 aromatic heterocycles. The van der Waals surface area contributed by atoms with Gasteiger partial charge in [-0.1, -0.05) is 152 Å². The van der Waals surface area contributed by atoms with Crippen LogP contribution in [0.3, 0.4) is 0 Å². The fraction of sp³-hybridized carbons (Fsp3) is 0.435. The molecule has 3 heteroatoms. The van der Waals surface area contributed by atoms with Crippen LogP contribution in [0.2, 0.25) is 0 Å². The molecular formula is C46H62O2S. The Labute approximate surface area is 300 Å². The fourth-order valence-corrected chi connectivity index (χ4v) is 8.68. The average molecular weight is 679 g/mol. The molecule has 0 radical (unpaired) electrons. The van der Waals surface area contributed by atoms with Crippen molar-refractivity contribution in [1.82, 2.24) is 0 Å². The normalized spacial score (nSPS) is 20.9. The first-order valence-electron chi connectivity index (χ1n) is 18.1. The van der Waals surface area contributed by atoms with Crippen LogP contribution in [0.1, 0.15) is 114 Å². The Morgan fingerprint density at radius 3 is 1.63 bits per heavy atom. The lowest BCUT2D eigenvalue weighted by Crippen LogP contribution is -2.19. The van der Waals surface area contributed by atoms with E-state index in [4.69, 9.17) is 0 Å². The molecule has 0 saturated carbocycles. The predicted octanol–water partition coefficient (Wildman–Crippen LogP) is 13.3. The minimum atomic E-state index is -3.57. The van der Waals surface area contributed by atoms with E-state index in [0.717, 1.165) is 16.7 Å². The molecule has 2 aliphatic rings. The summed E-state index contributed by atoms with van der Waals surface area (Å²) in [5, 5.41) is -0.674. The van der Waals surface area contributed by atoms with E-state index in [9.17, 15) is 8.42 Å². The molecule has 2 nitrogen and oxygen atoms in total. The maximum Gasteiger partial charge on any atom is 0.185 e. The van der Waals surface area contributed by atoms with Crippen molar-refractivity contribution in [2.24, 2.45) is 10.8 Å². The van der Waals surface area contributed by atoms with Crippen molar-refractivity contribution < 1.29 is 8.42 Å². The molecule has 264 valence electrons. The third kappa shape index (κ3) is 12.1. The lowest BCUT2D eigenvalue weighted by Gasteiger charge is -2.33. The summed E-state index contributed by atoms with van der Waals surface area (Å²) in [6.45, 7) is 22.1. The van der Waals surface area contributed by atoms with Crippen molar-refractivity contribution >= 4 is 9.84 Å². The Hall–Kier alpha value is -3.43. The number of allylic oxidation sites excluding steroid dienone is 19. The van der Waals surface area contributed by atoms with Gasteiger partial charge in [0.15, 0.2) is 9.84 Å². The highest BCUT2D eigenvalue weighted by atomic mass is 32.2. The van der Waals surface area contributed by atoms with Gasteiger partial charge in [-0.05, 0) is 121 Å². The molecule has 1 aromatic carbocycles. The van der Waals surface area contributed by atoms with Crippen LogP contribution in [-0.2, 0) is 9.84 Å². The van der Waals surface area contributed by atoms with Crippen molar-refractivity contribution in [3.8, 4) is 0 Å². The molecule has 0 amide bonds.